The molecule has 0 fully saturated rings. The van der Waals surface area contributed by atoms with Crippen LogP contribution >= 0.6 is 23.2 Å². The number of hydrogen-bond acceptors (Lipinski definition) is 2. The number of aromatic nitrogens is 2. The zero-order valence-corrected chi connectivity index (χ0v) is 10.5. The molecular weight excluding hydrogens is 285 g/mol. The molecule has 1 heterocycles. The molecule has 0 atom stereocenters. The monoisotopic (exact) mass is 292 g/mol. The Kier molecular flexibility index (Phi) is 3.85. The lowest BCUT2D eigenvalue weighted by Crippen LogP contribution is -1.98. The van der Waals surface area contributed by atoms with Crippen molar-refractivity contribution in [3.8, 4) is 5.69 Å². The van der Waals surface area contributed by atoms with Crippen LogP contribution in [0.15, 0.2) is 24.3 Å². The summed E-state index contributed by atoms with van der Waals surface area (Å²) in [6.45, 7) is -0.608. The molecule has 2 aromatic rings. The minimum Gasteiger partial charge on any atom is -0.391 e. The number of hydrogen-bond donors (Lipinski definition) is 1. The maximum Gasteiger partial charge on any atom is 0.282 e. The Morgan fingerprint density at radius 3 is 2.44 bits per heavy atom. The molecule has 0 saturated carbocycles. The van der Waals surface area contributed by atoms with Crippen molar-refractivity contribution in [3.63, 3.8) is 0 Å². The average molecular weight is 293 g/mol. The quantitative estimate of drug-likeness (QED) is 0.938. The Hall–Kier alpha value is -1.17. The summed E-state index contributed by atoms with van der Waals surface area (Å²) in [5, 5.41) is 13.0. The van der Waals surface area contributed by atoms with Gasteiger partial charge in [0.15, 0.2) is 0 Å². The summed E-state index contributed by atoms with van der Waals surface area (Å²) in [6, 6.07) is 6.57. The lowest BCUT2D eigenvalue weighted by molar-refractivity contribution is 0.141. The maximum atomic E-state index is 12.7. The largest absolute Gasteiger partial charge is 0.391 e. The van der Waals surface area contributed by atoms with E-state index in [-0.39, 0.29) is 10.7 Å². The lowest BCUT2D eigenvalue weighted by atomic mass is 10.2. The molecule has 0 aliphatic rings. The summed E-state index contributed by atoms with van der Waals surface area (Å²) >= 11 is 11.9. The molecule has 0 saturated heterocycles. The van der Waals surface area contributed by atoms with Crippen LogP contribution in [-0.2, 0) is 6.61 Å². The molecule has 1 aromatic heterocycles. The van der Waals surface area contributed by atoms with E-state index in [1.807, 2.05) is 0 Å². The molecule has 0 unspecified atom stereocenters. The smallest absolute Gasteiger partial charge is 0.282 e. The van der Waals surface area contributed by atoms with E-state index in [0.717, 1.165) is 4.68 Å². The molecule has 0 bridgehead atoms. The number of aliphatic hydroxyl groups excluding tert-OH is 1. The first-order chi connectivity index (χ1) is 8.56. The second-order valence-corrected chi connectivity index (χ2v) is 4.24. The standard InChI is InChI=1S/C11H8Cl2F2N2O/c12-7-3-1-2-4-8(7)17-10(13)6(5-18)9(16-17)11(14)15/h1-4,11,18H,5H2. The van der Waals surface area contributed by atoms with E-state index >= 15 is 0 Å². The van der Waals surface area contributed by atoms with Gasteiger partial charge in [-0.25, -0.2) is 13.5 Å². The normalized spacial score (nSPS) is 11.2. The van der Waals surface area contributed by atoms with Crippen molar-refractivity contribution < 1.29 is 13.9 Å². The van der Waals surface area contributed by atoms with Crippen molar-refractivity contribution >= 4 is 23.2 Å². The van der Waals surface area contributed by atoms with Crippen LogP contribution in [0.25, 0.3) is 5.69 Å². The Morgan fingerprint density at radius 1 is 1.28 bits per heavy atom. The van der Waals surface area contributed by atoms with E-state index in [9.17, 15) is 8.78 Å². The average Bonchev–Trinajstić information content (AvgIpc) is 2.67. The zero-order chi connectivity index (χ0) is 13.3. The number of nitrogens with zero attached hydrogens (tertiary/aromatic N) is 2. The van der Waals surface area contributed by atoms with Crippen molar-refractivity contribution in [2.45, 2.75) is 13.0 Å². The van der Waals surface area contributed by atoms with E-state index in [1.165, 1.54) is 0 Å². The Bertz CT molecular complexity index is 572. The van der Waals surface area contributed by atoms with E-state index in [4.69, 9.17) is 28.3 Å². The van der Waals surface area contributed by atoms with E-state index in [1.54, 1.807) is 24.3 Å². The lowest BCUT2D eigenvalue weighted by Gasteiger charge is -2.05. The van der Waals surface area contributed by atoms with Crippen molar-refractivity contribution in [2.24, 2.45) is 0 Å². The second kappa shape index (κ2) is 5.22. The predicted octanol–water partition coefficient (Wildman–Crippen LogP) is 3.61. The highest BCUT2D eigenvalue weighted by Gasteiger charge is 2.23. The van der Waals surface area contributed by atoms with Crippen LogP contribution in [0.1, 0.15) is 17.7 Å². The van der Waals surface area contributed by atoms with Crippen LogP contribution in [0.5, 0.6) is 0 Å². The molecular formula is C11H8Cl2F2N2O. The fourth-order valence-corrected chi connectivity index (χ4v) is 2.05. The van der Waals surface area contributed by atoms with E-state index in [0.29, 0.717) is 10.7 Å². The molecule has 1 N–H and O–H groups in total. The minimum absolute atomic E-state index is 0.0686. The van der Waals surface area contributed by atoms with Gasteiger partial charge in [0.05, 0.1) is 17.3 Å². The zero-order valence-electron chi connectivity index (χ0n) is 8.95. The number of para-hydroxylation sites is 1. The molecule has 96 valence electrons. The highest BCUT2D eigenvalue weighted by molar-refractivity contribution is 6.33. The van der Waals surface area contributed by atoms with Gasteiger partial charge in [0.25, 0.3) is 6.43 Å². The molecule has 7 heteroatoms. The molecule has 18 heavy (non-hydrogen) atoms. The van der Waals surface area contributed by atoms with Gasteiger partial charge in [-0.05, 0) is 12.1 Å². The molecule has 0 aliphatic carbocycles. The molecule has 0 radical (unpaired) electrons. The Balaban J connectivity index is 2.63. The molecule has 2 rings (SSSR count). The van der Waals surface area contributed by atoms with Crippen molar-refractivity contribution in [3.05, 3.63) is 45.7 Å². The van der Waals surface area contributed by atoms with Crippen LogP contribution in [0.4, 0.5) is 8.78 Å². The van der Waals surface area contributed by atoms with Crippen molar-refractivity contribution in [2.75, 3.05) is 0 Å². The third kappa shape index (κ3) is 2.21. The van der Waals surface area contributed by atoms with Crippen molar-refractivity contribution in [1.82, 2.24) is 9.78 Å². The summed E-state index contributed by atoms with van der Waals surface area (Å²) in [7, 11) is 0. The Labute approximate surface area is 112 Å². The van der Waals surface area contributed by atoms with Crippen LogP contribution in [-0.4, -0.2) is 14.9 Å². The minimum atomic E-state index is -2.81. The first kappa shape index (κ1) is 13.3. The van der Waals surface area contributed by atoms with E-state index in [2.05, 4.69) is 5.10 Å². The van der Waals surface area contributed by atoms with Gasteiger partial charge in [-0.2, -0.15) is 5.10 Å². The molecule has 0 spiro atoms. The van der Waals surface area contributed by atoms with Gasteiger partial charge in [0.2, 0.25) is 0 Å². The van der Waals surface area contributed by atoms with Gasteiger partial charge >= 0.3 is 0 Å². The number of benzene rings is 1. The van der Waals surface area contributed by atoms with Crippen LogP contribution in [0.2, 0.25) is 10.2 Å². The van der Waals surface area contributed by atoms with E-state index < -0.39 is 18.7 Å². The second-order valence-electron chi connectivity index (χ2n) is 3.48. The van der Waals surface area contributed by atoms with Crippen molar-refractivity contribution in [1.29, 1.82) is 0 Å². The summed E-state index contributed by atoms with van der Waals surface area (Å²) in [4.78, 5) is 0. The first-order valence-electron chi connectivity index (χ1n) is 4.97. The predicted molar refractivity (Wildman–Crippen MR) is 64.5 cm³/mol. The SMILES string of the molecule is OCc1c(C(F)F)nn(-c2ccccc2Cl)c1Cl. The molecule has 1 aromatic carbocycles. The topological polar surface area (TPSA) is 38.1 Å². The molecule has 0 amide bonds. The van der Waals surface area contributed by atoms with Crippen LogP contribution in [0.3, 0.4) is 0 Å². The van der Waals surface area contributed by atoms with Gasteiger partial charge in [0.1, 0.15) is 10.8 Å². The fraction of sp³-hybridized carbons (Fsp3) is 0.182. The highest BCUT2D eigenvalue weighted by Crippen LogP contribution is 2.31. The summed E-state index contributed by atoms with van der Waals surface area (Å²) in [6.07, 6.45) is -2.81. The molecule has 3 nitrogen and oxygen atoms in total. The van der Waals surface area contributed by atoms with Crippen LogP contribution in [0, 0.1) is 0 Å². The summed E-state index contributed by atoms with van der Waals surface area (Å²) in [5.74, 6) is 0. The summed E-state index contributed by atoms with van der Waals surface area (Å²) in [5.41, 5.74) is -0.250. The third-order valence-electron chi connectivity index (χ3n) is 2.40. The summed E-state index contributed by atoms with van der Waals surface area (Å²) < 4.78 is 26.6. The van der Waals surface area contributed by atoms with Crippen LogP contribution < -0.4 is 0 Å². The fourth-order valence-electron chi connectivity index (χ4n) is 1.55. The Morgan fingerprint density at radius 2 is 1.94 bits per heavy atom. The first-order valence-corrected chi connectivity index (χ1v) is 5.73. The number of halogens is 4. The van der Waals surface area contributed by atoms with Gasteiger partial charge < -0.3 is 5.11 Å². The highest BCUT2D eigenvalue weighted by atomic mass is 35.5. The van der Waals surface area contributed by atoms with Gasteiger partial charge in [-0.15, -0.1) is 0 Å². The number of rotatable bonds is 3. The third-order valence-corrected chi connectivity index (χ3v) is 3.11. The number of alkyl halides is 2. The maximum absolute atomic E-state index is 12.7. The van der Waals surface area contributed by atoms with Gasteiger partial charge in [-0.3, -0.25) is 0 Å². The van der Waals surface area contributed by atoms with Gasteiger partial charge in [0, 0.05) is 5.56 Å². The number of aliphatic hydroxyl groups is 1. The molecule has 0 aliphatic heterocycles. The van der Waals surface area contributed by atoms with Gasteiger partial charge in [-0.1, -0.05) is 35.3 Å².